The fourth-order valence-electron chi connectivity index (χ4n) is 4.88. The summed E-state index contributed by atoms with van der Waals surface area (Å²) in [7, 11) is 0. The number of aliphatic hydroxyl groups is 2. The number of nitrogens with zero attached hydrogens (tertiary/aromatic N) is 3. The molecule has 3 amide bonds. The monoisotopic (exact) mass is 538 g/mol. The lowest BCUT2D eigenvalue weighted by Gasteiger charge is -2.41. The van der Waals surface area contributed by atoms with Crippen LogP contribution in [0.5, 0.6) is 5.75 Å². The Morgan fingerprint density at radius 1 is 1.29 bits per heavy atom. The van der Waals surface area contributed by atoms with Gasteiger partial charge in [0.15, 0.2) is 0 Å². The van der Waals surface area contributed by atoms with Gasteiger partial charge in [0.25, 0.3) is 0 Å². The Bertz CT molecular complexity index is 1140. The summed E-state index contributed by atoms with van der Waals surface area (Å²) in [5.74, 6) is -0.594. The Morgan fingerprint density at radius 3 is 2.79 bits per heavy atom. The molecule has 1 aliphatic carbocycles. The van der Waals surface area contributed by atoms with Gasteiger partial charge < -0.3 is 30.5 Å². The molecule has 4 aliphatic rings. The van der Waals surface area contributed by atoms with Crippen LogP contribution in [0.1, 0.15) is 19.3 Å². The van der Waals surface area contributed by atoms with E-state index in [4.69, 9.17) is 9.84 Å². The van der Waals surface area contributed by atoms with Crippen molar-refractivity contribution < 1.29 is 37.7 Å². The van der Waals surface area contributed by atoms with E-state index in [1.165, 1.54) is 29.3 Å². The van der Waals surface area contributed by atoms with Gasteiger partial charge in [0.05, 0.1) is 18.3 Å². The van der Waals surface area contributed by atoms with Crippen molar-refractivity contribution in [3.8, 4) is 5.75 Å². The topological polar surface area (TPSA) is 139 Å². The van der Waals surface area contributed by atoms with Crippen molar-refractivity contribution in [2.75, 3.05) is 31.6 Å². The van der Waals surface area contributed by atoms with Gasteiger partial charge in [-0.3, -0.25) is 15.0 Å². The fourth-order valence-corrected chi connectivity index (χ4v) is 4.88. The molecule has 4 heterocycles. The number of dihydropyridines is 1. The number of carbonyl (C=O) groups is 2. The number of urea groups is 1. The van der Waals surface area contributed by atoms with E-state index in [0.717, 1.165) is 0 Å². The molecule has 1 aromatic heterocycles. The second-order valence-electron chi connectivity index (χ2n) is 9.79. The molecule has 11 nitrogen and oxygen atoms in total. The number of aliphatic hydroxyl groups excluding tert-OH is 2. The summed E-state index contributed by atoms with van der Waals surface area (Å²) in [6, 6.07) is -0.739. The lowest BCUT2D eigenvalue weighted by molar-refractivity contribution is -0.166. The highest BCUT2D eigenvalue weighted by molar-refractivity contribution is 5.91. The fraction of sp³-hybridized carbons (Fsp3) is 0.542. The average molecular weight is 539 g/mol. The summed E-state index contributed by atoms with van der Waals surface area (Å²) < 4.78 is 45.8. The van der Waals surface area contributed by atoms with Crippen LogP contribution < -0.4 is 20.7 Å². The Labute approximate surface area is 216 Å². The average Bonchev–Trinajstić information content (AvgIpc) is 3.64. The van der Waals surface area contributed by atoms with E-state index in [-0.39, 0.29) is 18.5 Å². The predicted octanol–water partition coefficient (Wildman–Crippen LogP) is 0.890. The molecule has 2 bridgehead atoms. The SMILES string of the molecule is O=C(N[C@H](C1CC1)C(F)(F)F)C1C=CC2=C(N1)N(C(=O)Nc1cc(OC[C@H](O)CO)ccn1)[C@H]1CCN2C1. The van der Waals surface area contributed by atoms with E-state index in [9.17, 15) is 27.9 Å². The van der Waals surface area contributed by atoms with Crippen molar-refractivity contribution in [1.82, 2.24) is 25.4 Å². The molecule has 4 atom stereocenters. The van der Waals surface area contributed by atoms with Crippen molar-refractivity contribution in [3.63, 3.8) is 0 Å². The Balaban J connectivity index is 1.30. The van der Waals surface area contributed by atoms with Crippen molar-refractivity contribution in [2.24, 2.45) is 5.92 Å². The summed E-state index contributed by atoms with van der Waals surface area (Å²) in [4.78, 5) is 33.9. The van der Waals surface area contributed by atoms with E-state index in [1.807, 2.05) is 0 Å². The number of amides is 3. The molecule has 0 aromatic carbocycles. The minimum absolute atomic E-state index is 0.149. The van der Waals surface area contributed by atoms with Gasteiger partial charge in [0.1, 0.15) is 42.2 Å². The standard InChI is InChI=1S/C24H29F3N6O5/c25-24(26,27)20(13-1-2-13)31-22(36)17-3-4-18-21(29-17)33(14-6-8-32(18)10-14)23(37)30-19-9-16(5-7-28-19)38-12-15(35)11-34/h3-5,7,9,13-15,17,20,29,34-35H,1-2,6,8,10-12H2,(H,31,36)(H,28,30,37)/t14-,15+,17?,20+/m0/s1. The second kappa shape index (κ2) is 10.3. The number of halogens is 3. The van der Waals surface area contributed by atoms with Crippen LogP contribution in [0.3, 0.4) is 0 Å². The van der Waals surface area contributed by atoms with Gasteiger partial charge >= 0.3 is 12.2 Å². The molecule has 5 rings (SSSR count). The van der Waals surface area contributed by atoms with Crippen LogP contribution in [-0.4, -0.2) is 93.6 Å². The minimum atomic E-state index is -4.54. The first-order valence-corrected chi connectivity index (χ1v) is 12.4. The molecule has 5 N–H and O–H groups in total. The van der Waals surface area contributed by atoms with Gasteiger partial charge in [0, 0.05) is 25.4 Å². The molecule has 0 radical (unpaired) electrons. The summed E-state index contributed by atoms with van der Waals surface area (Å²) in [6.07, 6.45) is 0.483. The van der Waals surface area contributed by atoms with E-state index in [2.05, 4.69) is 25.8 Å². The summed E-state index contributed by atoms with van der Waals surface area (Å²) >= 11 is 0. The maximum Gasteiger partial charge on any atom is 0.408 e. The molecule has 14 heteroatoms. The highest BCUT2D eigenvalue weighted by Crippen LogP contribution is 2.40. The van der Waals surface area contributed by atoms with Crippen LogP contribution in [0.15, 0.2) is 42.0 Å². The van der Waals surface area contributed by atoms with Crippen LogP contribution in [0.4, 0.5) is 23.8 Å². The zero-order chi connectivity index (χ0) is 27.0. The number of pyridine rings is 1. The number of anilines is 1. The minimum Gasteiger partial charge on any atom is -0.491 e. The maximum absolute atomic E-state index is 13.5. The number of rotatable bonds is 8. The first-order valence-electron chi connectivity index (χ1n) is 12.4. The summed E-state index contributed by atoms with van der Waals surface area (Å²) in [6.45, 7) is 0.645. The van der Waals surface area contributed by atoms with Gasteiger partial charge in [-0.15, -0.1) is 0 Å². The van der Waals surface area contributed by atoms with Crippen molar-refractivity contribution in [1.29, 1.82) is 0 Å². The number of carbonyl (C=O) groups excluding carboxylic acids is 2. The number of aromatic nitrogens is 1. The molecule has 0 spiro atoms. The first kappa shape index (κ1) is 26.1. The highest BCUT2D eigenvalue weighted by atomic mass is 19.4. The second-order valence-corrected chi connectivity index (χ2v) is 9.79. The van der Waals surface area contributed by atoms with E-state index in [1.54, 1.807) is 6.08 Å². The van der Waals surface area contributed by atoms with Crippen LogP contribution in [0.2, 0.25) is 0 Å². The largest absolute Gasteiger partial charge is 0.491 e. The highest BCUT2D eigenvalue weighted by Gasteiger charge is 2.50. The van der Waals surface area contributed by atoms with E-state index < -0.39 is 48.8 Å². The Morgan fingerprint density at radius 2 is 2.08 bits per heavy atom. The normalized spacial score (nSPS) is 23.9. The third-order valence-corrected chi connectivity index (χ3v) is 6.96. The number of hydrogen-bond acceptors (Lipinski definition) is 8. The van der Waals surface area contributed by atoms with Crippen molar-refractivity contribution >= 4 is 17.8 Å². The Kier molecular flexibility index (Phi) is 7.09. The lowest BCUT2D eigenvalue weighted by atomic mass is 10.1. The quantitative estimate of drug-likeness (QED) is 0.329. The number of fused-ring (bicyclic) bond motifs is 3. The Hall–Kier alpha value is -3.52. The number of nitrogens with one attached hydrogen (secondary N) is 3. The van der Waals surface area contributed by atoms with Gasteiger partial charge in [-0.1, -0.05) is 6.08 Å². The molecule has 3 aliphatic heterocycles. The molecule has 1 aromatic rings. The smallest absolute Gasteiger partial charge is 0.408 e. The third-order valence-electron chi connectivity index (χ3n) is 6.96. The van der Waals surface area contributed by atoms with Crippen LogP contribution >= 0.6 is 0 Å². The molecule has 1 saturated heterocycles. The summed E-state index contributed by atoms with van der Waals surface area (Å²) in [5, 5.41) is 26.2. The van der Waals surface area contributed by atoms with Crippen LogP contribution in [-0.2, 0) is 4.79 Å². The molecule has 1 unspecified atom stereocenters. The molecular weight excluding hydrogens is 509 g/mol. The zero-order valence-corrected chi connectivity index (χ0v) is 20.3. The number of hydrogen-bond donors (Lipinski definition) is 5. The van der Waals surface area contributed by atoms with Crippen LogP contribution in [0, 0.1) is 5.92 Å². The lowest BCUT2D eigenvalue weighted by Crippen LogP contribution is -2.58. The van der Waals surface area contributed by atoms with Gasteiger partial charge in [0.2, 0.25) is 5.91 Å². The van der Waals surface area contributed by atoms with Crippen molar-refractivity contribution in [3.05, 3.63) is 42.0 Å². The number of alkyl halides is 3. The van der Waals surface area contributed by atoms with Crippen LogP contribution in [0.25, 0.3) is 0 Å². The van der Waals surface area contributed by atoms with E-state index >= 15 is 0 Å². The van der Waals surface area contributed by atoms with Gasteiger partial charge in [-0.25, -0.2) is 9.78 Å². The van der Waals surface area contributed by atoms with Gasteiger partial charge in [-0.2, -0.15) is 13.2 Å². The maximum atomic E-state index is 13.5. The third kappa shape index (κ3) is 5.50. The van der Waals surface area contributed by atoms with E-state index in [0.29, 0.717) is 49.6 Å². The molecule has 2 fully saturated rings. The summed E-state index contributed by atoms with van der Waals surface area (Å²) in [5.41, 5.74) is 0.676. The van der Waals surface area contributed by atoms with Crippen molar-refractivity contribution in [2.45, 2.75) is 49.7 Å². The molecule has 1 saturated carbocycles. The molecule has 206 valence electrons. The van der Waals surface area contributed by atoms with Gasteiger partial charge in [-0.05, 0) is 37.3 Å². The molecule has 38 heavy (non-hydrogen) atoms. The predicted molar refractivity (Wildman–Crippen MR) is 127 cm³/mol. The number of allylic oxidation sites excluding steroid dienone is 1. The number of ether oxygens (including phenoxy) is 1. The zero-order valence-electron chi connectivity index (χ0n) is 20.3. The molecular formula is C24H29F3N6O5. The first-order chi connectivity index (χ1) is 18.1.